The maximum Gasteiger partial charge on any atom is 0.407 e. The average molecular weight is 472 g/mol. The van der Waals surface area contributed by atoms with Crippen LogP contribution in [0.3, 0.4) is 0 Å². The molecule has 1 N–H and O–H groups in total. The van der Waals surface area contributed by atoms with E-state index < -0.39 is 20.0 Å². The first-order valence-corrected chi connectivity index (χ1v) is 14.6. The van der Waals surface area contributed by atoms with Crippen LogP contribution in [-0.2, 0) is 22.2 Å². The smallest absolute Gasteiger partial charge is 0.407 e. The largest absolute Gasteiger partial charge is 0.489 e. The van der Waals surface area contributed by atoms with Crippen LogP contribution >= 0.6 is 0 Å². The second-order valence-electron chi connectivity index (χ2n) is 11.0. The summed E-state index contributed by atoms with van der Waals surface area (Å²) >= 11 is 0. The molecule has 0 bridgehead atoms. The van der Waals surface area contributed by atoms with Gasteiger partial charge in [-0.3, -0.25) is 0 Å². The van der Waals surface area contributed by atoms with Crippen LogP contribution < -0.4 is 10.1 Å². The molecular weight excluding hydrogens is 430 g/mol. The van der Waals surface area contributed by atoms with Crippen molar-refractivity contribution in [3.05, 3.63) is 65.7 Å². The highest BCUT2D eigenvalue weighted by Gasteiger charge is 2.37. The lowest BCUT2D eigenvalue weighted by molar-refractivity contribution is 0.0485. The first-order valence-electron chi connectivity index (χ1n) is 11.6. The van der Waals surface area contributed by atoms with E-state index in [1.54, 1.807) is 0 Å². The van der Waals surface area contributed by atoms with Crippen LogP contribution in [0.15, 0.2) is 54.6 Å². The molecule has 1 atom stereocenters. The Kier molecular flexibility index (Phi) is 9.15. The summed E-state index contributed by atoms with van der Waals surface area (Å²) in [6.07, 6.45) is 0.224. The lowest BCUT2D eigenvalue weighted by Crippen LogP contribution is -2.48. The molecule has 0 unspecified atom stereocenters. The highest BCUT2D eigenvalue weighted by Crippen LogP contribution is 2.36. The van der Waals surface area contributed by atoms with Crippen LogP contribution in [0.1, 0.15) is 52.7 Å². The number of ether oxygens (including phenoxy) is 2. The summed E-state index contributed by atoms with van der Waals surface area (Å²) in [4.78, 5) is 12.5. The van der Waals surface area contributed by atoms with Gasteiger partial charge in [0.25, 0.3) is 0 Å². The summed E-state index contributed by atoms with van der Waals surface area (Å²) in [6.45, 7) is 17.6. The van der Waals surface area contributed by atoms with Crippen LogP contribution in [0, 0.1) is 0 Å². The maximum atomic E-state index is 12.5. The predicted octanol–water partition coefficient (Wildman–Crippen LogP) is 6.72. The third kappa shape index (κ3) is 9.60. The number of alkyl carbamates (subject to hydrolysis) is 1. The van der Waals surface area contributed by atoms with Gasteiger partial charge in [0.1, 0.15) is 18.0 Å². The number of carbonyl (C=O) groups is 1. The molecule has 0 aliphatic carbocycles. The zero-order valence-electron chi connectivity index (χ0n) is 21.5. The van der Waals surface area contributed by atoms with Crippen molar-refractivity contribution in [2.75, 3.05) is 6.61 Å². The molecule has 1 amide bonds. The molecule has 2 aromatic rings. The third-order valence-electron chi connectivity index (χ3n) is 5.83. The van der Waals surface area contributed by atoms with Crippen molar-refractivity contribution in [2.45, 2.75) is 84.3 Å². The molecule has 0 aromatic heterocycles. The van der Waals surface area contributed by atoms with Gasteiger partial charge < -0.3 is 19.2 Å². The zero-order valence-corrected chi connectivity index (χ0v) is 22.5. The van der Waals surface area contributed by atoms with E-state index in [9.17, 15) is 4.79 Å². The monoisotopic (exact) mass is 471 g/mol. The SMILES string of the molecule is CC(C)(C)OC(=O)N[C@H](CO[Si](C)(C)C(C)(C)C)Cc1ccc(OCc2ccccc2)cc1. The van der Waals surface area contributed by atoms with E-state index in [1.165, 1.54) is 0 Å². The molecule has 0 spiro atoms. The van der Waals surface area contributed by atoms with Crippen molar-refractivity contribution in [3.63, 3.8) is 0 Å². The van der Waals surface area contributed by atoms with Crippen molar-refractivity contribution >= 4 is 14.4 Å². The molecule has 5 nitrogen and oxygen atoms in total. The van der Waals surface area contributed by atoms with E-state index in [1.807, 2.05) is 75.4 Å². The molecule has 2 aromatic carbocycles. The van der Waals surface area contributed by atoms with Gasteiger partial charge in [0, 0.05) is 0 Å². The molecular formula is C27H41NO4Si. The highest BCUT2D eigenvalue weighted by molar-refractivity contribution is 6.74. The quantitative estimate of drug-likeness (QED) is 0.412. The summed E-state index contributed by atoms with van der Waals surface area (Å²) in [7, 11) is -1.95. The Labute approximate surface area is 201 Å². The Balaban J connectivity index is 2.03. The molecule has 0 aliphatic heterocycles. The molecule has 33 heavy (non-hydrogen) atoms. The minimum absolute atomic E-state index is 0.0984. The van der Waals surface area contributed by atoms with Gasteiger partial charge in [-0.05, 0) is 68.6 Å². The van der Waals surface area contributed by atoms with Crippen molar-refractivity contribution in [1.82, 2.24) is 5.32 Å². The molecule has 0 heterocycles. The summed E-state index contributed by atoms with van der Waals surface area (Å²) in [5.41, 5.74) is 1.68. The Morgan fingerprint density at radius 1 is 0.909 bits per heavy atom. The Hall–Kier alpha value is -2.31. The van der Waals surface area contributed by atoms with Crippen molar-refractivity contribution in [2.24, 2.45) is 0 Å². The van der Waals surface area contributed by atoms with Crippen molar-refractivity contribution in [1.29, 1.82) is 0 Å². The number of hydrogen-bond donors (Lipinski definition) is 1. The lowest BCUT2D eigenvalue weighted by atomic mass is 10.1. The van der Waals surface area contributed by atoms with E-state index in [0.29, 0.717) is 19.6 Å². The summed E-state index contributed by atoms with van der Waals surface area (Å²) in [5.74, 6) is 0.816. The van der Waals surface area contributed by atoms with Crippen LogP contribution in [0.4, 0.5) is 4.79 Å². The molecule has 6 heteroatoms. The number of nitrogens with one attached hydrogen (secondary N) is 1. The molecule has 0 saturated carbocycles. The molecule has 2 rings (SSSR count). The van der Waals surface area contributed by atoms with E-state index in [2.05, 4.69) is 39.2 Å². The predicted molar refractivity (Wildman–Crippen MR) is 137 cm³/mol. The van der Waals surface area contributed by atoms with Crippen LogP contribution in [-0.4, -0.2) is 32.7 Å². The van der Waals surface area contributed by atoms with E-state index in [4.69, 9.17) is 13.9 Å². The number of benzene rings is 2. The maximum absolute atomic E-state index is 12.5. The summed E-state index contributed by atoms with van der Waals surface area (Å²) < 4.78 is 17.8. The molecule has 0 fully saturated rings. The third-order valence-corrected chi connectivity index (χ3v) is 10.3. The van der Waals surface area contributed by atoms with Crippen LogP contribution in [0.2, 0.25) is 18.1 Å². The van der Waals surface area contributed by atoms with Gasteiger partial charge in [-0.25, -0.2) is 4.79 Å². The minimum atomic E-state index is -1.95. The van der Waals surface area contributed by atoms with Gasteiger partial charge in [0.15, 0.2) is 8.32 Å². The second kappa shape index (κ2) is 11.2. The standard InChI is InChI=1S/C27H41NO4Si/c1-26(2,3)32-25(29)28-23(20-31-33(7,8)27(4,5)6)18-21-14-16-24(17-15-21)30-19-22-12-10-9-11-13-22/h9-17,23H,18-20H2,1-8H3,(H,28,29)/t23-/m0/s1. The van der Waals surface area contributed by atoms with Crippen molar-refractivity contribution in [3.8, 4) is 5.75 Å². The number of carbonyl (C=O) groups excluding carboxylic acids is 1. The lowest BCUT2D eigenvalue weighted by Gasteiger charge is -2.37. The molecule has 0 radical (unpaired) electrons. The normalized spacial score (nSPS) is 13.3. The van der Waals surface area contributed by atoms with Gasteiger partial charge in [-0.15, -0.1) is 0 Å². The number of amides is 1. The van der Waals surface area contributed by atoms with E-state index in [0.717, 1.165) is 16.9 Å². The number of hydrogen-bond acceptors (Lipinski definition) is 4. The Morgan fingerprint density at radius 3 is 2.06 bits per heavy atom. The first-order chi connectivity index (χ1) is 15.2. The van der Waals surface area contributed by atoms with Gasteiger partial charge in [0.05, 0.1) is 12.6 Å². The van der Waals surface area contributed by atoms with Crippen LogP contribution in [0.5, 0.6) is 5.75 Å². The highest BCUT2D eigenvalue weighted by atomic mass is 28.4. The van der Waals surface area contributed by atoms with Gasteiger partial charge >= 0.3 is 6.09 Å². The molecule has 0 saturated heterocycles. The first kappa shape index (κ1) is 26.9. The molecule has 0 aliphatic rings. The fourth-order valence-corrected chi connectivity index (χ4v) is 3.95. The van der Waals surface area contributed by atoms with E-state index >= 15 is 0 Å². The zero-order chi connectivity index (χ0) is 24.7. The average Bonchev–Trinajstić information content (AvgIpc) is 2.70. The Morgan fingerprint density at radius 2 is 1.52 bits per heavy atom. The van der Waals surface area contributed by atoms with Crippen molar-refractivity contribution < 1.29 is 18.7 Å². The topological polar surface area (TPSA) is 56.8 Å². The fraction of sp³-hybridized carbons (Fsp3) is 0.519. The molecule has 182 valence electrons. The summed E-state index contributed by atoms with van der Waals surface area (Å²) in [6, 6.07) is 17.9. The second-order valence-corrected chi connectivity index (χ2v) is 15.8. The van der Waals surface area contributed by atoms with Gasteiger partial charge in [-0.1, -0.05) is 63.2 Å². The fourth-order valence-electron chi connectivity index (χ4n) is 2.90. The van der Waals surface area contributed by atoms with Gasteiger partial charge in [0.2, 0.25) is 0 Å². The summed E-state index contributed by atoms with van der Waals surface area (Å²) in [5, 5.41) is 3.11. The van der Waals surface area contributed by atoms with Crippen LogP contribution in [0.25, 0.3) is 0 Å². The minimum Gasteiger partial charge on any atom is -0.489 e. The number of rotatable bonds is 9. The Bertz CT molecular complexity index is 868. The van der Waals surface area contributed by atoms with E-state index in [-0.39, 0.29) is 11.1 Å². The van der Waals surface area contributed by atoms with Gasteiger partial charge in [-0.2, -0.15) is 0 Å².